The second kappa shape index (κ2) is 7.64. The van der Waals surface area contributed by atoms with Crippen LogP contribution in [0, 0.1) is 17.2 Å². The van der Waals surface area contributed by atoms with Crippen molar-refractivity contribution >= 4 is 21.7 Å². The Kier molecular flexibility index (Phi) is 5.42. The Bertz CT molecular complexity index is 968. The van der Waals surface area contributed by atoms with E-state index in [2.05, 4.69) is 10.5 Å². The molecule has 0 aliphatic carbocycles. The summed E-state index contributed by atoms with van der Waals surface area (Å²) in [5.74, 6) is 0.250. The van der Waals surface area contributed by atoms with Gasteiger partial charge in [0.2, 0.25) is 0 Å². The number of benzene rings is 1. The summed E-state index contributed by atoms with van der Waals surface area (Å²) in [7, 11) is -3.59. The van der Waals surface area contributed by atoms with Gasteiger partial charge in [-0.2, -0.15) is 5.26 Å². The third-order valence-electron chi connectivity index (χ3n) is 5.42. The van der Waals surface area contributed by atoms with Crippen LogP contribution in [0.1, 0.15) is 32.3 Å². The standard InChI is InChI=1S/C19H22N4O4S/c1-19(2,28(25,26)16-5-3-14(13-20)4-6-16)15-7-10-23(11-8-15)18(24)21-17-9-12-27-22-17/h3-6,9,12,15H,7-8,10-11H2,1-2H3,(H,21,22,24). The Balaban J connectivity index is 1.68. The van der Waals surface area contributed by atoms with Crippen LogP contribution in [0.2, 0.25) is 0 Å². The Hall–Kier alpha value is -2.86. The van der Waals surface area contributed by atoms with E-state index in [4.69, 9.17) is 9.78 Å². The third kappa shape index (κ3) is 3.73. The summed E-state index contributed by atoms with van der Waals surface area (Å²) in [4.78, 5) is 14.1. The van der Waals surface area contributed by atoms with Crippen LogP contribution in [0.4, 0.5) is 10.6 Å². The first-order chi connectivity index (χ1) is 13.3. The lowest BCUT2D eigenvalue weighted by atomic mass is 9.86. The van der Waals surface area contributed by atoms with E-state index in [1.165, 1.54) is 30.5 Å². The minimum Gasteiger partial charge on any atom is -0.363 e. The van der Waals surface area contributed by atoms with Crippen molar-refractivity contribution in [2.75, 3.05) is 18.4 Å². The minimum atomic E-state index is -3.59. The number of piperidine rings is 1. The molecule has 28 heavy (non-hydrogen) atoms. The molecule has 2 heterocycles. The van der Waals surface area contributed by atoms with Gasteiger partial charge in [0.1, 0.15) is 6.26 Å². The van der Waals surface area contributed by atoms with Crippen molar-refractivity contribution in [1.29, 1.82) is 5.26 Å². The van der Waals surface area contributed by atoms with Gasteiger partial charge in [-0.3, -0.25) is 5.32 Å². The Morgan fingerprint density at radius 1 is 1.25 bits per heavy atom. The average Bonchev–Trinajstić information content (AvgIpc) is 3.21. The SMILES string of the molecule is CC(C)(C1CCN(C(=O)Nc2ccon2)CC1)S(=O)(=O)c1ccc(C#N)cc1. The van der Waals surface area contributed by atoms with E-state index < -0.39 is 14.6 Å². The second-order valence-corrected chi connectivity index (χ2v) is 9.85. The lowest BCUT2D eigenvalue weighted by Crippen LogP contribution is -2.48. The molecule has 8 nitrogen and oxygen atoms in total. The van der Waals surface area contributed by atoms with Gasteiger partial charge in [0, 0.05) is 19.2 Å². The Morgan fingerprint density at radius 3 is 2.43 bits per heavy atom. The molecule has 0 saturated carbocycles. The van der Waals surface area contributed by atoms with E-state index in [0.29, 0.717) is 37.3 Å². The number of carbonyl (C=O) groups is 1. The lowest BCUT2D eigenvalue weighted by molar-refractivity contribution is 0.171. The second-order valence-electron chi connectivity index (χ2n) is 7.32. The number of carbonyl (C=O) groups excluding carboxylic acids is 1. The molecule has 1 aromatic heterocycles. The first-order valence-electron chi connectivity index (χ1n) is 8.97. The molecular weight excluding hydrogens is 380 g/mol. The summed E-state index contributed by atoms with van der Waals surface area (Å²) >= 11 is 0. The molecule has 1 saturated heterocycles. The van der Waals surface area contributed by atoms with Crippen molar-refractivity contribution in [3.63, 3.8) is 0 Å². The maximum Gasteiger partial charge on any atom is 0.323 e. The van der Waals surface area contributed by atoms with E-state index in [0.717, 1.165) is 0 Å². The molecule has 3 rings (SSSR count). The van der Waals surface area contributed by atoms with Gasteiger partial charge in [-0.15, -0.1) is 0 Å². The zero-order valence-corrected chi connectivity index (χ0v) is 16.6. The minimum absolute atomic E-state index is 0.0933. The normalized spacial score (nSPS) is 15.8. The predicted octanol–water partition coefficient (Wildman–Crippen LogP) is 3.04. The van der Waals surface area contributed by atoms with Gasteiger partial charge in [0.15, 0.2) is 15.7 Å². The van der Waals surface area contributed by atoms with Crippen LogP contribution in [0.5, 0.6) is 0 Å². The van der Waals surface area contributed by atoms with Crippen molar-refractivity contribution in [2.24, 2.45) is 5.92 Å². The van der Waals surface area contributed by atoms with Gasteiger partial charge in [-0.25, -0.2) is 13.2 Å². The number of sulfone groups is 1. The number of nitriles is 1. The highest BCUT2D eigenvalue weighted by Gasteiger charge is 2.44. The summed E-state index contributed by atoms with van der Waals surface area (Å²) in [5, 5.41) is 15.2. The quantitative estimate of drug-likeness (QED) is 0.840. The van der Waals surface area contributed by atoms with Crippen molar-refractivity contribution in [2.45, 2.75) is 36.3 Å². The summed E-state index contributed by atoms with van der Waals surface area (Å²) in [6.45, 7) is 4.38. The van der Waals surface area contributed by atoms with Crippen LogP contribution in [0.25, 0.3) is 0 Å². The van der Waals surface area contributed by atoms with Crippen molar-refractivity contribution in [3.8, 4) is 6.07 Å². The smallest absolute Gasteiger partial charge is 0.323 e. The third-order valence-corrected chi connectivity index (χ3v) is 8.04. The molecule has 0 atom stereocenters. The van der Waals surface area contributed by atoms with Gasteiger partial charge in [-0.05, 0) is 56.9 Å². The van der Waals surface area contributed by atoms with E-state index in [-0.39, 0.29) is 16.8 Å². The zero-order valence-electron chi connectivity index (χ0n) is 15.8. The molecule has 148 valence electrons. The van der Waals surface area contributed by atoms with Crippen LogP contribution < -0.4 is 5.32 Å². The number of nitrogens with zero attached hydrogens (tertiary/aromatic N) is 3. The number of nitrogens with one attached hydrogen (secondary N) is 1. The number of hydrogen-bond donors (Lipinski definition) is 1. The summed E-state index contributed by atoms with van der Waals surface area (Å²) < 4.78 is 30.1. The summed E-state index contributed by atoms with van der Waals surface area (Å²) in [5.41, 5.74) is 0.420. The fourth-order valence-corrected chi connectivity index (χ4v) is 5.25. The van der Waals surface area contributed by atoms with Crippen molar-refractivity contribution in [3.05, 3.63) is 42.2 Å². The highest BCUT2D eigenvalue weighted by atomic mass is 32.2. The molecule has 1 aliphatic heterocycles. The van der Waals surface area contributed by atoms with Gasteiger partial charge >= 0.3 is 6.03 Å². The van der Waals surface area contributed by atoms with Crippen LogP contribution in [-0.4, -0.2) is 42.3 Å². The summed E-state index contributed by atoms with van der Waals surface area (Å²) in [6.07, 6.45) is 2.53. The predicted molar refractivity (Wildman–Crippen MR) is 102 cm³/mol. The largest absolute Gasteiger partial charge is 0.363 e. The fraction of sp³-hybridized carbons (Fsp3) is 0.421. The van der Waals surface area contributed by atoms with E-state index in [1.807, 2.05) is 6.07 Å². The topological polar surface area (TPSA) is 116 Å². The molecule has 1 fully saturated rings. The van der Waals surface area contributed by atoms with Crippen LogP contribution in [0.15, 0.2) is 46.0 Å². The number of likely N-dealkylation sites (tertiary alicyclic amines) is 1. The van der Waals surface area contributed by atoms with Crippen LogP contribution >= 0.6 is 0 Å². The zero-order chi connectivity index (χ0) is 20.4. The number of anilines is 1. The monoisotopic (exact) mass is 402 g/mol. The molecule has 9 heteroatoms. The average molecular weight is 402 g/mol. The van der Waals surface area contributed by atoms with Crippen molar-refractivity contribution in [1.82, 2.24) is 10.1 Å². The molecule has 0 bridgehead atoms. The first kappa shape index (κ1) is 19.9. The number of amides is 2. The fourth-order valence-electron chi connectivity index (χ4n) is 3.48. The maximum atomic E-state index is 13.2. The van der Waals surface area contributed by atoms with Gasteiger partial charge in [0.05, 0.1) is 21.3 Å². The number of aromatic nitrogens is 1. The van der Waals surface area contributed by atoms with Gasteiger partial charge < -0.3 is 9.42 Å². The van der Waals surface area contributed by atoms with E-state index >= 15 is 0 Å². The van der Waals surface area contributed by atoms with Crippen molar-refractivity contribution < 1.29 is 17.7 Å². The molecule has 2 aromatic rings. The van der Waals surface area contributed by atoms with Crippen LogP contribution in [-0.2, 0) is 9.84 Å². The maximum absolute atomic E-state index is 13.2. The first-order valence-corrected chi connectivity index (χ1v) is 10.4. The number of rotatable bonds is 4. The highest BCUT2D eigenvalue weighted by molar-refractivity contribution is 7.92. The molecule has 1 aromatic carbocycles. The van der Waals surface area contributed by atoms with Gasteiger partial charge in [-0.1, -0.05) is 5.16 Å². The Labute approximate surface area is 164 Å². The highest BCUT2D eigenvalue weighted by Crippen LogP contribution is 2.38. The lowest BCUT2D eigenvalue weighted by Gasteiger charge is -2.40. The Morgan fingerprint density at radius 2 is 1.89 bits per heavy atom. The van der Waals surface area contributed by atoms with E-state index in [9.17, 15) is 13.2 Å². The molecule has 0 radical (unpaired) electrons. The summed E-state index contributed by atoms with van der Waals surface area (Å²) in [6, 6.07) is 9.26. The molecular formula is C19H22N4O4S. The van der Waals surface area contributed by atoms with Crippen LogP contribution in [0.3, 0.4) is 0 Å². The molecule has 1 N–H and O–H groups in total. The van der Waals surface area contributed by atoms with E-state index in [1.54, 1.807) is 24.8 Å². The molecule has 1 aliphatic rings. The van der Waals surface area contributed by atoms with Gasteiger partial charge in [0.25, 0.3) is 0 Å². The molecule has 0 unspecified atom stereocenters. The molecule has 0 spiro atoms. The number of hydrogen-bond acceptors (Lipinski definition) is 6. The number of urea groups is 1. The molecule has 2 amide bonds.